The number of oxime groups is 1. The Balaban J connectivity index is 1.56. The average Bonchev–Trinajstić information content (AvgIpc) is 3.26. The van der Waals surface area contributed by atoms with Crippen LogP contribution in [0.25, 0.3) is 5.69 Å². The van der Waals surface area contributed by atoms with Crippen LogP contribution in [0.2, 0.25) is 5.02 Å². The first-order chi connectivity index (χ1) is 20.4. The summed E-state index contributed by atoms with van der Waals surface area (Å²) in [7, 11) is -4.02. The smallest absolute Gasteiger partial charge is 0.278 e. The zero-order chi connectivity index (χ0) is 31.5. The van der Waals surface area contributed by atoms with Crippen LogP contribution in [-0.4, -0.2) is 51.3 Å². The first-order valence-corrected chi connectivity index (χ1v) is 15.1. The number of hydrogen-bond donors (Lipinski definition) is 4. The minimum Gasteiger partial charge on any atom is -0.506 e. The predicted molar refractivity (Wildman–Crippen MR) is 164 cm³/mol. The number of phenols is 1. The topological polar surface area (TPSA) is 163 Å². The van der Waals surface area contributed by atoms with Gasteiger partial charge in [-0.3, -0.25) is 9.59 Å². The summed E-state index contributed by atoms with van der Waals surface area (Å²) in [5.41, 5.74) is 2.17. The third-order valence-electron chi connectivity index (χ3n) is 6.79. The lowest BCUT2D eigenvalue weighted by Crippen LogP contribution is -2.34. The van der Waals surface area contributed by atoms with E-state index in [9.17, 15) is 28.3 Å². The Kier molecular flexibility index (Phi) is 9.22. The second kappa shape index (κ2) is 12.7. The first kappa shape index (κ1) is 31.3. The summed E-state index contributed by atoms with van der Waals surface area (Å²) in [6.07, 6.45) is -0.0111. The van der Waals surface area contributed by atoms with E-state index < -0.39 is 32.7 Å². The number of anilines is 2. The molecule has 224 valence electrons. The molecular formula is C30H30ClN5O6S. The predicted octanol–water partition coefficient (Wildman–Crippen LogP) is 5.16. The molecule has 0 aliphatic carbocycles. The molecule has 4 rings (SSSR count). The number of halogens is 1. The SMILES string of the molecule is CCC(C(=O)Nc1cc(O)c(NC(=O)C(=NO)c2c(C)nn(-c3ccccc3)c2C)cc1Cl)S(=O)(=O)c1cccc(C)c1. The second-order valence-corrected chi connectivity index (χ2v) is 12.3. The fourth-order valence-corrected chi connectivity index (χ4v) is 6.61. The van der Waals surface area contributed by atoms with Gasteiger partial charge in [0.25, 0.3) is 5.91 Å². The van der Waals surface area contributed by atoms with Gasteiger partial charge in [-0.1, -0.05) is 54.0 Å². The molecule has 4 N–H and O–H groups in total. The van der Waals surface area contributed by atoms with Crippen molar-refractivity contribution in [3.63, 3.8) is 0 Å². The van der Waals surface area contributed by atoms with Crippen LogP contribution in [-0.2, 0) is 19.4 Å². The van der Waals surface area contributed by atoms with Gasteiger partial charge in [0.05, 0.1) is 43.9 Å². The Morgan fingerprint density at radius 1 is 1.00 bits per heavy atom. The number of aromatic nitrogens is 2. The van der Waals surface area contributed by atoms with Gasteiger partial charge in [0.1, 0.15) is 11.0 Å². The van der Waals surface area contributed by atoms with E-state index in [2.05, 4.69) is 20.9 Å². The molecule has 0 saturated carbocycles. The normalized spacial score (nSPS) is 12.5. The highest BCUT2D eigenvalue weighted by Crippen LogP contribution is 2.35. The van der Waals surface area contributed by atoms with Crippen LogP contribution < -0.4 is 10.6 Å². The monoisotopic (exact) mass is 623 g/mol. The fraction of sp³-hybridized carbons (Fsp3) is 0.200. The van der Waals surface area contributed by atoms with Crippen molar-refractivity contribution in [2.75, 3.05) is 10.6 Å². The van der Waals surface area contributed by atoms with Crippen molar-refractivity contribution in [2.24, 2.45) is 5.16 Å². The summed E-state index contributed by atoms with van der Waals surface area (Å²) in [5.74, 6) is -2.17. The molecule has 0 fully saturated rings. The number of nitrogens with one attached hydrogen (secondary N) is 2. The van der Waals surface area contributed by atoms with Gasteiger partial charge in [0, 0.05) is 6.07 Å². The number of hydrogen-bond acceptors (Lipinski definition) is 8. The lowest BCUT2D eigenvalue weighted by atomic mass is 10.1. The van der Waals surface area contributed by atoms with Crippen LogP contribution >= 0.6 is 11.6 Å². The first-order valence-electron chi connectivity index (χ1n) is 13.2. The van der Waals surface area contributed by atoms with Crippen LogP contribution in [0.3, 0.4) is 0 Å². The van der Waals surface area contributed by atoms with E-state index in [1.54, 1.807) is 44.5 Å². The second-order valence-electron chi connectivity index (χ2n) is 9.79. The van der Waals surface area contributed by atoms with E-state index in [-0.39, 0.29) is 33.4 Å². The number of benzene rings is 3. The number of phenolic OH excluding ortho intramolecular Hbond substituents is 1. The summed E-state index contributed by atoms with van der Waals surface area (Å²) in [6, 6.07) is 17.7. The summed E-state index contributed by atoms with van der Waals surface area (Å²) in [5, 5.41) is 31.5. The Labute approximate surface area is 253 Å². The molecule has 43 heavy (non-hydrogen) atoms. The number of rotatable bonds is 9. The number of amides is 2. The Bertz CT molecular complexity index is 1840. The number of nitrogens with zero attached hydrogens (tertiary/aromatic N) is 3. The van der Waals surface area contributed by atoms with Crippen molar-refractivity contribution >= 4 is 50.3 Å². The minimum atomic E-state index is -4.02. The third kappa shape index (κ3) is 6.40. The zero-order valence-corrected chi connectivity index (χ0v) is 25.4. The van der Waals surface area contributed by atoms with Crippen molar-refractivity contribution in [2.45, 2.75) is 44.3 Å². The molecule has 3 aromatic carbocycles. The highest BCUT2D eigenvalue weighted by Gasteiger charge is 2.33. The lowest BCUT2D eigenvalue weighted by Gasteiger charge is -2.18. The van der Waals surface area contributed by atoms with Gasteiger partial charge in [-0.2, -0.15) is 5.10 Å². The standard InChI is InChI=1S/C30H30ClN5O6S/c1-5-26(43(41,42)21-13-9-10-17(2)14-21)29(38)32-23-16-25(37)24(15-22(23)31)33-30(39)28(35-40)27-18(3)34-36(19(27)4)20-11-7-6-8-12-20/h6-16,26,37,40H,5H2,1-4H3,(H,32,38)(H,33,39). The molecule has 0 saturated heterocycles. The number of para-hydroxylation sites is 1. The van der Waals surface area contributed by atoms with Gasteiger partial charge >= 0.3 is 0 Å². The molecule has 4 aromatic rings. The molecule has 1 heterocycles. The molecule has 0 spiro atoms. The number of carbonyl (C=O) groups is 2. The molecule has 1 unspecified atom stereocenters. The zero-order valence-electron chi connectivity index (χ0n) is 23.8. The van der Waals surface area contributed by atoms with E-state index in [1.165, 1.54) is 18.2 Å². The van der Waals surface area contributed by atoms with Crippen molar-refractivity contribution in [3.05, 3.63) is 94.3 Å². The molecule has 1 aromatic heterocycles. The van der Waals surface area contributed by atoms with Crippen LogP contribution in [0.15, 0.2) is 76.8 Å². The van der Waals surface area contributed by atoms with Crippen LogP contribution in [0.1, 0.15) is 35.9 Å². The Hall–Kier alpha value is -4.68. The third-order valence-corrected chi connectivity index (χ3v) is 9.31. The van der Waals surface area contributed by atoms with Crippen LogP contribution in [0.4, 0.5) is 11.4 Å². The van der Waals surface area contributed by atoms with Crippen molar-refractivity contribution in [3.8, 4) is 11.4 Å². The van der Waals surface area contributed by atoms with Gasteiger partial charge < -0.3 is 20.9 Å². The van der Waals surface area contributed by atoms with Crippen molar-refractivity contribution in [1.29, 1.82) is 0 Å². The van der Waals surface area contributed by atoms with E-state index in [0.717, 1.165) is 17.3 Å². The largest absolute Gasteiger partial charge is 0.506 e. The maximum Gasteiger partial charge on any atom is 0.278 e. The highest BCUT2D eigenvalue weighted by atomic mass is 35.5. The maximum atomic E-state index is 13.2. The van der Waals surface area contributed by atoms with Gasteiger partial charge in [-0.15, -0.1) is 0 Å². The number of aromatic hydroxyl groups is 1. The van der Waals surface area contributed by atoms with Crippen molar-refractivity contribution in [1.82, 2.24) is 9.78 Å². The quantitative estimate of drug-likeness (QED) is 0.0865. The Morgan fingerprint density at radius 2 is 1.70 bits per heavy atom. The summed E-state index contributed by atoms with van der Waals surface area (Å²) in [4.78, 5) is 26.3. The molecule has 2 amide bonds. The average molecular weight is 624 g/mol. The number of sulfone groups is 1. The van der Waals surface area contributed by atoms with E-state index in [0.29, 0.717) is 17.0 Å². The molecule has 0 aliphatic rings. The molecular weight excluding hydrogens is 594 g/mol. The van der Waals surface area contributed by atoms with Crippen LogP contribution in [0, 0.1) is 20.8 Å². The van der Waals surface area contributed by atoms with Gasteiger partial charge in [-0.25, -0.2) is 13.1 Å². The molecule has 0 aliphatic heterocycles. The Morgan fingerprint density at radius 3 is 2.33 bits per heavy atom. The van der Waals surface area contributed by atoms with Gasteiger partial charge in [0.2, 0.25) is 5.91 Å². The molecule has 0 bridgehead atoms. The number of aryl methyl sites for hydroxylation is 2. The minimum absolute atomic E-state index is 0.0111. The van der Waals surface area contributed by atoms with E-state index >= 15 is 0 Å². The highest BCUT2D eigenvalue weighted by molar-refractivity contribution is 7.92. The van der Waals surface area contributed by atoms with E-state index in [4.69, 9.17) is 11.6 Å². The summed E-state index contributed by atoms with van der Waals surface area (Å²) < 4.78 is 28.0. The van der Waals surface area contributed by atoms with Crippen LogP contribution in [0.5, 0.6) is 5.75 Å². The number of carbonyl (C=O) groups excluding carboxylic acids is 2. The molecule has 13 heteroatoms. The van der Waals surface area contributed by atoms with Gasteiger partial charge in [-0.05, 0) is 63.1 Å². The van der Waals surface area contributed by atoms with Gasteiger partial charge in [0.15, 0.2) is 15.5 Å². The lowest BCUT2D eigenvalue weighted by molar-refractivity contribution is -0.116. The molecule has 0 radical (unpaired) electrons. The molecule has 11 nitrogen and oxygen atoms in total. The van der Waals surface area contributed by atoms with Crippen molar-refractivity contribution < 1.29 is 28.3 Å². The fourth-order valence-electron chi connectivity index (χ4n) is 4.67. The molecule has 1 atom stereocenters. The summed E-state index contributed by atoms with van der Waals surface area (Å²) >= 11 is 6.36. The summed E-state index contributed by atoms with van der Waals surface area (Å²) in [6.45, 7) is 6.70. The van der Waals surface area contributed by atoms with E-state index in [1.807, 2.05) is 30.3 Å². The maximum absolute atomic E-state index is 13.2.